The maximum Gasteiger partial charge on any atom is 0.203 e. The molecule has 0 amide bonds. The number of carbonyl (C=O) groups excluding carboxylic acids is 1. The SMILES string of the molecule is Cc1ccc(C(=O)c2cc(C)c(Cl)s2)cc1Cl. The van der Waals surface area contributed by atoms with Crippen LogP contribution in [0.15, 0.2) is 24.3 Å². The Kier molecular flexibility index (Phi) is 3.57. The zero-order chi connectivity index (χ0) is 12.6. The molecule has 0 bridgehead atoms. The summed E-state index contributed by atoms with van der Waals surface area (Å²) < 4.78 is 0.659. The van der Waals surface area contributed by atoms with Gasteiger partial charge in [0.25, 0.3) is 0 Å². The van der Waals surface area contributed by atoms with Gasteiger partial charge in [0.1, 0.15) is 0 Å². The van der Waals surface area contributed by atoms with Crippen molar-refractivity contribution in [2.45, 2.75) is 13.8 Å². The Morgan fingerprint density at radius 3 is 2.35 bits per heavy atom. The number of rotatable bonds is 2. The fourth-order valence-electron chi connectivity index (χ4n) is 1.45. The third-order valence-electron chi connectivity index (χ3n) is 2.52. The van der Waals surface area contributed by atoms with Gasteiger partial charge in [-0.1, -0.05) is 35.3 Å². The van der Waals surface area contributed by atoms with E-state index in [1.807, 2.05) is 26.0 Å². The lowest BCUT2D eigenvalue weighted by Crippen LogP contribution is -1.98. The number of thiophene rings is 1. The van der Waals surface area contributed by atoms with Crippen molar-refractivity contribution in [3.63, 3.8) is 0 Å². The Hall–Kier alpha value is -0.830. The molecular weight excluding hydrogens is 275 g/mol. The van der Waals surface area contributed by atoms with Crippen LogP contribution in [0, 0.1) is 13.8 Å². The largest absolute Gasteiger partial charge is 0.288 e. The molecule has 0 saturated heterocycles. The van der Waals surface area contributed by atoms with Crippen LogP contribution in [0.4, 0.5) is 0 Å². The Bertz CT molecular complexity index is 568. The lowest BCUT2D eigenvalue weighted by Gasteiger charge is -2.01. The maximum absolute atomic E-state index is 12.2. The van der Waals surface area contributed by atoms with Crippen LogP contribution in [0.5, 0.6) is 0 Å². The standard InChI is InChI=1S/C13H10Cl2OS/c1-7-3-4-9(6-10(7)14)12(16)11-5-8(2)13(15)17-11/h3-6H,1-2H3. The van der Waals surface area contributed by atoms with E-state index in [0.717, 1.165) is 11.1 Å². The van der Waals surface area contributed by atoms with Crippen molar-refractivity contribution in [1.29, 1.82) is 0 Å². The lowest BCUT2D eigenvalue weighted by molar-refractivity contribution is 0.104. The normalized spacial score (nSPS) is 10.6. The first-order chi connectivity index (χ1) is 7.99. The number of aryl methyl sites for hydroxylation is 2. The molecular formula is C13H10Cl2OS. The predicted octanol–water partition coefficient (Wildman–Crippen LogP) is 4.90. The van der Waals surface area contributed by atoms with Gasteiger partial charge in [-0.05, 0) is 37.1 Å². The third-order valence-corrected chi connectivity index (χ3v) is 4.48. The number of benzene rings is 1. The Balaban J connectivity index is 2.40. The molecule has 2 rings (SSSR count). The van der Waals surface area contributed by atoms with Gasteiger partial charge in [-0.25, -0.2) is 0 Å². The molecule has 1 nitrogen and oxygen atoms in total. The van der Waals surface area contributed by atoms with Crippen LogP contribution in [0.3, 0.4) is 0 Å². The first-order valence-electron chi connectivity index (χ1n) is 5.06. The van der Waals surface area contributed by atoms with E-state index >= 15 is 0 Å². The monoisotopic (exact) mass is 284 g/mol. The van der Waals surface area contributed by atoms with Gasteiger partial charge in [-0.3, -0.25) is 4.79 Å². The summed E-state index contributed by atoms with van der Waals surface area (Å²) in [6.45, 7) is 3.79. The molecule has 0 saturated carbocycles. The van der Waals surface area contributed by atoms with Crippen molar-refractivity contribution in [1.82, 2.24) is 0 Å². The van der Waals surface area contributed by atoms with Gasteiger partial charge >= 0.3 is 0 Å². The summed E-state index contributed by atoms with van der Waals surface area (Å²) in [5, 5.41) is 0.607. The highest BCUT2D eigenvalue weighted by Crippen LogP contribution is 2.29. The van der Waals surface area contributed by atoms with Gasteiger partial charge in [0.05, 0.1) is 9.21 Å². The van der Waals surface area contributed by atoms with Crippen LogP contribution >= 0.6 is 34.5 Å². The van der Waals surface area contributed by atoms with Gasteiger partial charge in [0, 0.05) is 10.6 Å². The topological polar surface area (TPSA) is 17.1 Å². The minimum Gasteiger partial charge on any atom is -0.288 e. The van der Waals surface area contributed by atoms with E-state index in [1.165, 1.54) is 11.3 Å². The summed E-state index contributed by atoms with van der Waals surface area (Å²) in [5.74, 6) is -0.0353. The highest BCUT2D eigenvalue weighted by Gasteiger charge is 2.14. The van der Waals surface area contributed by atoms with E-state index < -0.39 is 0 Å². The first-order valence-corrected chi connectivity index (χ1v) is 6.63. The molecule has 1 heterocycles. The minimum atomic E-state index is -0.0353. The van der Waals surface area contributed by atoms with E-state index in [4.69, 9.17) is 23.2 Å². The van der Waals surface area contributed by atoms with E-state index in [1.54, 1.807) is 12.1 Å². The molecule has 0 aliphatic heterocycles. The molecule has 88 valence electrons. The van der Waals surface area contributed by atoms with Crippen LogP contribution in [0.2, 0.25) is 9.36 Å². The van der Waals surface area contributed by atoms with E-state index in [0.29, 0.717) is 19.8 Å². The van der Waals surface area contributed by atoms with Gasteiger partial charge < -0.3 is 0 Å². The second-order valence-corrected chi connectivity index (χ2v) is 5.92. The van der Waals surface area contributed by atoms with Gasteiger partial charge in [0.15, 0.2) is 0 Å². The molecule has 0 aliphatic rings. The zero-order valence-corrected chi connectivity index (χ0v) is 11.7. The second-order valence-electron chi connectivity index (χ2n) is 3.86. The average Bonchev–Trinajstić information content (AvgIpc) is 2.62. The molecule has 4 heteroatoms. The number of hydrogen-bond donors (Lipinski definition) is 0. The Morgan fingerprint density at radius 2 is 1.82 bits per heavy atom. The number of hydrogen-bond acceptors (Lipinski definition) is 2. The van der Waals surface area contributed by atoms with Crippen molar-refractivity contribution in [2.24, 2.45) is 0 Å². The molecule has 0 unspecified atom stereocenters. The molecule has 0 radical (unpaired) electrons. The Morgan fingerprint density at radius 1 is 1.12 bits per heavy atom. The van der Waals surface area contributed by atoms with Crippen molar-refractivity contribution in [2.75, 3.05) is 0 Å². The maximum atomic E-state index is 12.2. The summed E-state index contributed by atoms with van der Waals surface area (Å²) >= 11 is 13.3. The molecule has 0 aliphatic carbocycles. The summed E-state index contributed by atoms with van der Waals surface area (Å²) in [7, 11) is 0. The van der Waals surface area contributed by atoms with Crippen LogP contribution < -0.4 is 0 Å². The highest BCUT2D eigenvalue weighted by atomic mass is 35.5. The van der Waals surface area contributed by atoms with Gasteiger partial charge in [0.2, 0.25) is 5.78 Å². The molecule has 2 aromatic rings. The van der Waals surface area contributed by atoms with Crippen molar-refractivity contribution in [3.8, 4) is 0 Å². The summed E-state index contributed by atoms with van der Waals surface area (Å²) in [4.78, 5) is 12.8. The zero-order valence-electron chi connectivity index (χ0n) is 9.38. The average molecular weight is 285 g/mol. The molecule has 1 aromatic carbocycles. The smallest absolute Gasteiger partial charge is 0.203 e. The third kappa shape index (κ3) is 2.54. The second kappa shape index (κ2) is 4.81. The van der Waals surface area contributed by atoms with Crippen molar-refractivity contribution >= 4 is 40.3 Å². The van der Waals surface area contributed by atoms with Crippen LogP contribution in [-0.2, 0) is 0 Å². The van der Waals surface area contributed by atoms with E-state index in [9.17, 15) is 4.79 Å². The van der Waals surface area contributed by atoms with Gasteiger partial charge in [-0.15, -0.1) is 11.3 Å². The fraction of sp³-hybridized carbons (Fsp3) is 0.154. The summed E-state index contributed by atoms with van der Waals surface area (Å²) in [5.41, 5.74) is 2.49. The minimum absolute atomic E-state index is 0.0353. The van der Waals surface area contributed by atoms with E-state index in [-0.39, 0.29) is 5.78 Å². The van der Waals surface area contributed by atoms with Gasteiger partial charge in [-0.2, -0.15) is 0 Å². The first kappa shape index (κ1) is 12.6. The predicted molar refractivity (Wildman–Crippen MR) is 73.7 cm³/mol. The van der Waals surface area contributed by atoms with Crippen molar-refractivity contribution in [3.05, 3.63) is 55.2 Å². The molecule has 0 atom stereocenters. The van der Waals surface area contributed by atoms with Crippen LogP contribution in [0.25, 0.3) is 0 Å². The molecule has 1 aromatic heterocycles. The highest BCUT2D eigenvalue weighted by molar-refractivity contribution is 7.18. The van der Waals surface area contributed by atoms with E-state index in [2.05, 4.69) is 0 Å². The lowest BCUT2D eigenvalue weighted by atomic mass is 10.1. The fourth-order valence-corrected chi connectivity index (χ4v) is 2.79. The van der Waals surface area contributed by atoms with Crippen molar-refractivity contribution < 1.29 is 4.79 Å². The number of ketones is 1. The summed E-state index contributed by atoms with van der Waals surface area (Å²) in [6, 6.07) is 7.13. The number of halogens is 2. The molecule has 0 spiro atoms. The number of carbonyl (C=O) groups is 1. The van der Waals surface area contributed by atoms with Crippen LogP contribution in [-0.4, -0.2) is 5.78 Å². The Labute approximate surface area is 114 Å². The molecule has 17 heavy (non-hydrogen) atoms. The molecule has 0 fully saturated rings. The van der Waals surface area contributed by atoms with Crippen LogP contribution in [0.1, 0.15) is 26.4 Å². The molecule has 0 N–H and O–H groups in total. The quantitative estimate of drug-likeness (QED) is 0.717. The summed E-state index contributed by atoms with van der Waals surface area (Å²) in [6.07, 6.45) is 0.